The van der Waals surface area contributed by atoms with Gasteiger partial charge >= 0.3 is 0 Å². The van der Waals surface area contributed by atoms with Crippen molar-refractivity contribution < 1.29 is 0 Å². The summed E-state index contributed by atoms with van der Waals surface area (Å²) < 4.78 is 3.15. The normalized spacial score (nSPS) is 11.1. The van der Waals surface area contributed by atoms with Gasteiger partial charge in [-0.3, -0.25) is 4.40 Å². The molecular weight excluding hydrogens is 291 g/mol. The van der Waals surface area contributed by atoms with Gasteiger partial charge in [0.2, 0.25) is 0 Å². The van der Waals surface area contributed by atoms with Crippen molar-refractivity contribution in [2.24, 2.45) is 0 Å². The van der Waals surface area contributed by atoms with Gasteiger partial charge < -0.3 is 0 Å². The molecule has 2 rings (SSSR count). The standard InChI is InChI=1S/C6H5IN2S2/c1-10-4-5-9(2-3-11-5)6(7)8-4/h2-3H,1H3. The Balaban J connectivity index is 2.80. The second-order valence-corrected chi connectivity index (χ2v) is 4.62. The maximum atomic E-state index is 4.39. The highest BCUT2D eigenvalue weighted by atomic mass is 127. The van der Waals surface area contributed by atoms with E-state index in [0.717, 1.165) is 8.86 Å². The van der Waals surface area contributed by atoms with E-state index < -0.39 is 0 Å². The molecule has 0 radical (unpaired) electrons. The molecule has 2 aromatic rings. The molecule has 0 saturated heterocycles. The Hall–Kier alpha value is 0.250. The topological polar surface area (TPSA) is 17.3 Å². The van der Waals surface area contributed by atoms with Gasteiger partial charge in [0, 0.05) is 34.2 Å². The lowest BCUT2D eigenvalue weighted by Crippen LogP contribution is -1.78. The summed E-state index contributed by atoms with van der Waals surface area (Å²) in [5, 5.41) is 3.21. The summed E-state index contributed by atoms with van der Waals surface area (Å²) in [6.07, 6.45) is 4.10. The zero-order valence-electron chi connectivity index (χ0n) is 5.74. The molecule has 0 saturated carbocycles. The average molecular weight is 296 g/mol. The molecule has 0 atom stereocenters. The minimum absolute atomic E-state index is 1.04. The quantitative estimate of drug-likeness (QED) is 0.594. The van der Waals surface area contributed by atoms with E-state index in [1.165, 1.54) is 4.83 Å². The van der Waals surface area contributed by atoms with Crippen LogP contribution in [0.3, 0.4) is 0 Å². The maximum absolute atomic E-state index is 4.39. The van der Waals surface area contributed by atoms with Gasteiger partial charge in [-0.1, -0.05) is 0 Å². The van der Waals surface area contributed by atoms with Gasteiger partial charge in [0.25, 0.3) is 0 Å². The van der Waals surface area contributed by atoms with E-state index in [1.807, 2.05) is 0 Å². The number of thioether (sulfide) groups is 1. The van der Waals surface area contributed by atoms with E-state index >= 15 is 0 Å². The van der Waals surface area contributed by atoms with Gasteiger partial charge in [-0.2, -0.15) is 0 Å². The van der Waals surface area contributed by atoms with E-state index in [-0.39, 0.29) is 0 Å². The van der Waals surface area contributed by atoms with Crippen molar-refractivity contribution in [2.45, 2.75) is 5.03 Å². The molecule has 5 heteroatoms. The number of imidazole rings is 1. The molecule has 0 N–H and O–H groups in total. The van der Waals surface area contributed by atoms with E-state index in [4.69, 9.17) is 0 Å². The summed E-state index contributed by atoms with van der Waals surface area (Å²) in [5.41, 5.74) is 0. The summed E-state index contributed by atoms with van der Waals surface area (Å²) >= 11 is 5.68. The van der Waals surface area contributed by atoms with Gasteiger partial charge in [-0.05, 0) is 6.26 Å². The second-order valence-electron chi connectivity index (χ2n) is 1.97. The number of thiazole rings is 1. The lowest BCUT2D eigenvalue weighted by Gasteiger charge is -1.82. The van der Waals surface area contributed by atoms with Crippen molar-refractivity contribution in [3.63, 3.8) is 0 Å². The van der Waals surface area contributed by atoms with E-state index in [0.29, 0.717) is 0 Å². The number of hydrogen-bond acceptors (Lipinski definition) is 3. The molecule has 0 spiro atoms. The molecule has 0 aromatic carbocycles. The predicted molar refractivity (Wildman–Crippen MR) is 57.6 cm³/mol. The molecule has 2 heterocycles. The van der Waals surface area contributed by atoms with Gasteiger partial charge in [0.15, 0.2) is 3.83 Å². The maximum Gasteiger partial charge on any atom is 0.177 e. The molecule has 0 unspecified atom stereocenters. The van der Waals surface area contributed by atoms with Gasteiger partial charge in [0.05, 0.1) is 0 Å². The zero-order chi connectivity index (χ0) is 7.84. The first kappa shape index (κ1) is 7.88. The Kier molecular flexibility index (Phi) is 2.11. The largest absolute Gasteiger partial charge is 0.285 e. The van der Waals surface area contributed by atoms with E-state index in [1.54, 1.807) is 23.1 Å². The molecule has 11 heavy (non-hydrogen) atoms. The molecule has 2 nitrogen and oxygen atoms in total. The van der Waals surface area contributed by atoms with E-state index in [9.17, 15) is 0 Å². The Morgan fingerprint density at radius 3 is 3.27 bits per heavy atom. The summed E-state index contributed by atoms with van der Waals surface area (Å²) in [4.78, 5) is 5.64. The average Bonchev–Trinajstić information content (AvgIpc) is 2.54. The first-order valence-electron chi connectivity index (χ1n) is 2.98. The Morgan fingerprint density at radius 2 is 2.55 bits per heavy atom. The highest BCUT2D eigenvalue weighted by molar-refractivity contribution is 14.1. The number of rotatable bonds is 1. The van der Waals surface area contributed by atoms with Crippen LogP contribution in [-0.2, 0) is 0 Å². The fraction of sp³-hybridized carbons (Fsp3) is 0.167. The molecule has 0 fully saturated rings. The molecule has 0 bridgehead atoms. The van der Waals surface area contributed by atoms with Crippen molar-refractivity contribution in [3.05, 3.63) is 15.4 Å². The monoisotopic (exact) mass is 296 g/mol. The predicted octanol–water partition coefficient (Wildman–Crippen LogP) is 2.72. The van der Waals surface area contributed by atoms with Crippen molar-refractivity contribution in [3.8, 4) is 0 Å². The van der Waals surface area contributed by atoms with Crippen LogP contribution in [0.25, 0.3) is 4.83 Å². The molecule has 0 aliphatic heterocycles. The van der Waals surface area contributed by atoms with Gasteiger partial charge in [-0.15, -0.1) is 23.1 Å². The van der Waals surface area contributed by atoms with E-state index in [2.05, 4.69) is 49.8 Å². The minimum atomic E-state index is 1.04. The van der Waals surface area contributed by atoms with Crippen LogP contribution in [-0.4, -0.2) is 15.6 Å². The third-order valence-corrected chi connectivity index (χ3v) is 3.81. The van der Waals surface area contributed by atoms with Crippen LogP contribution in [0, 0.1) is 3.83 Å². The number of fused-ring (bicyclic) bond motifs is 1. The van der Waals surface area contributed by atoms with Gasteiger partial charge in [0.1, 0.15) is 9.86 Å². The summed E-state index contributed by atoms with van der Waals surface area (Å²) in [7, 11) is 0. The first-order valence-corrected chi connectivity index (χ1v) is 6.16. The molecular formula is C6H5IN2S2. The van der Waals surface area contributed by atoms with Crippen LogP contribution in [0.15, 0.2) is 16.6 Å². The van der Waals surface area contributed by atoms with Crippen LogP contribution >= 0.6 is 45.7 Å². The lowest BCUT2D eigenvalue weighted by atomic mass is 10.9. The fourth-order valence-corrected chi connectivity index (χ4v) is 3.43. The highest BCUT2D eigenvalue weighted by Crippen LogP contribution is 2.26. The summed E-state index contributed by atoms with van der Waals surface area (Å²) in [5.74, 6) is 0. The lowest BCUT2D eigenvalue weighted by molar-refractivity contribution is 1.09. The smallest absolute Gasteiger partial charge is 0.177 e. The number of nitrogens with zero attached hydrogens (tertiary/aromatic N) is 2. The second kappa shape index (κ2) is 2.95. The van der Waals surface area contributed by atoms with Crippen LogP contribution in [0.5, 0.6) is 0 Å². The van der Waals surface area contributed by atoms with Crippen LogP contribution in [0.4, 0.5) is 0 Å². The third kappa shape index (κ3) is 1.19. The number of hydrogen-bond donors (Lipinski definition) is 0. The van der Waals surface area contributed by atoms with Crippen LogP contribution in [0.1, 0.15) is 0 Å². The minimum Gasteiger partial charge on any atom is -0.285 e. The molecule has 0 aliphatic carbocycles. The van der Waals surface area contributed by atoms with Crippen molar-refractivity contribution in [1.29, 1.82) is 0 Å². The number of halogens is 1. The summed E-state index contributed by atoms with van der Waals surface area (Å²) in [6.45, 7) is 0. The molecule has 2 aromatic heterocycles. The number of aromatic nitrogens is 2. The van der Waals surface area contributed by atoms with Crippen LogP contribution in [0.2, 0.25) is 0 Å². The molecule has 58 valence electrons. The van der Waals surface area contributed by atoms with Crippen molar-refractivity contribution >= 4 is 50.5 Å². The fourth-order valence-electron chi connectivity index (χ4n) is 0.897. The Morgan fingerprint density at radius 1 is 1.73 bits per heavy atom. The Labute approximate surface area is 86.2 Å². The first-order chi connectivity index (χ1) is 5.33. The Bertz CT molecular complexity index is 379. The summed E-state index contributed by atoms with van der Waals surface area (Å²) in [6, 6.07) is 0. The molecule has 0 aliphatic rings. The van der Waals surface area contributed by atoms with Crippen LogP contribution < -0.4 is 0 Å². The SMILES string of the molecule is CSc1nc(I)n2ccsc12. The van der Waals surface area contributed by atoms with Crippen molar-refractivity contribution in [2.75, 3.05) is 6.26 Å². The van der Waals surface area contributed by atoms with Gasteiger partial charge in [-0.25, -0.2) is 4.98 Å². The zero-order valence-corrected chi connectivity index (χ0v) is 9.53. The molecule has 0 amide bonds. The highest BCUT2D eigenvalue weighted by Gasteiger charge is 2.07. The van der Waals surface area contributed by atoms with Crippen molar-refractivity contribution in [1.82, 2.24) is 9.38 Å². The third-order valence-electron chi connectivity index (χ3n) is 1.38.